The van der Waals surface area contributed by atoms with Crippen molar-refractivity contribution in [2.24, 2.45) is 11.3 Å². The molecule has 0 unspecified atom stereocenters. The second-order valence-electron chi connectivity index (χ2n) is 10.6. The fourth-order valence-electron chi connectivity index (χ4n) is 5.15. The van der Waals surface area contributed by atoms with Gasteiger partial charge in [0.1, 0.15) is 5.82 Å². The summed E-state index contributed by atoms with van der Waals surface area (Å²) >= 11 is 0. The maximum atomic E-state index is 12.5. The molecular weight excluding hydrogens is 338 g/mol. The van der Waals surface area contributed by atoms with Crippen molar-refractivity contribution in [3.8, 4) is 0 Å². The molecule has 0 atom stereocenters. The van der Waals surface area contributed by atoms with Gasteiger partial charge in [0, 0.05) is 47.6 Å². The van der Waals surface area contributed by atoms with E-state index >= 15 is 0 Å². The predicted octanol–water partition coefficient (Wildman–Crippen LogP) is 3.42. The lowest BCUT2D eigenvalue weighted by Crippen LogP contribution is -2.62. The largest absolute Gasteiger partial charge is 0.390 e. The van der Waals surface area contributed by atoms with Crippen molar-refractivity contribution in [2.75, 3.05) is 13.1 Å². The Morgan fingerprint density at radius 2 is 1.85 bits per heavy atom. The number of aromatic nitrogens is 2. The van der Waals surface area contributed by atoms with Gasteiger partial charge in [0.15, 0.2) is 0 Å². The van der Waals surface area contributed by atoms with Crippen LogP contribution in [0.1, 0.15) is 83.7 Å². The van der Waals surface area contributed by atoms with E-state index < -0.39 is 5.60 Å². The first-order chi connectivity index (χ1) is 12.6. The molecule has 5 heteroatoms. The predicted molar refractivity (Wildman–Crippen MR) is 104 cm³/mol. The summed E-state index contributed by atoms with van der Waals surface area (Å²) in [5, 5.41) is 9.87. The van der Waals surface area contributed by atoms with Gasteiger partial charge in [-0.25, -0.2) is 9.97 Å². The van der Waals surface area contributed by atoms with Crippen molar-refractivity contribution >= 4 is 5.91 Å². The number of hydrogen-bond acceptors (Lipinski definition) is 4. The molecule has 1 aromatic heterocycles. The third-order valence-corrected chi connectivity index (χ3v) is 6.94. The molecule has 5 nitrogen and oxygen atoms in total. The Balaban J connectivity index is 1.31. The van der Waals surface area contributed by atoms with Gasteiger partial charge in [-0.1, -0.05) is 20.8 Å². The lowest BCUT2D eigenvalue weighted by molar-refractivity contribution is -0.163. The number of amides is 1. The first kappa shape index (κ1) is 18.9. The van der Waals surface area contributed by atoms with Crippen LogP contribution in [-0.4, -0.2) is 44.6 Å². The van der Waals surface area contributed by atoms with E-state index in [0.717, 1.165) is 50.3 Å². The zero-order valence-electron chi connectivity index (χ0n) is 17.2. The van der Waals surface area contributed by atoms with Gasteiger partial charge < -0.3 is 10.0 Å². The van der Waals surface area contributed by atoms with Gasteiger partial charge >= 0.3 is 0 Å². The van der Waals surface area contributed by atoms with E-state index in [9.17, 15) is 9.90 Å². The van der Waals surface area contributed by atoms with Crippen molar-refractivity contribution in [2.45, 2.75) is 83.2 Å². The van der Waals surface area contributed by atoms with Crippen molar-refractivity contribution < 1.29 is 9.90 Å². The minimum absolute atomic E-state index is 0.0437. The summed E-state index contributed by atoms with van der Waals surface area (Å²) in [6, 6.07) is 2.03. The molecule has 1 amide bonds. The summed E-state index contributed by atoms with van der Waals surface area (Å²) in [5.41, 5.74) is 0.863. The second kappa shape index (κ2) is 6.26. The molecule has 4 rings (SSSR count). The number of aliphatic hydroxyl groups is 1. The number of carbonyl (C=O) groups is 1. The van der Waals surface area contributed by atoms with Crippen LogP contribution in [0.25, 0.3) is 0 Å². The maximum Gasteiger partial charge on any atom is 0.225 e. The Morgan fingerprint density at radius 3 is 2.41 bits per heavy atom. The minimum atomic E-state index is -0.622. The molecule has 3 aliphatic rings. The van der Waals surface area contributed by atoms with Crippen molar-refractivity contribution in [3.05, 3.63) is 23.8 Å². The van der Waals surface area contributed by atoms with E-state index in [-0.39, 0.29) is 17.2 Å². The van der Waals surface area contributed by atoms with Crippen molar-refractivity contribution in [3.63, 3.8) is 0 Å². The fourth-order valence-corrected chi connectivity index (χ4v) is 5.15. The molecule has 1 spiro atoms. The first-order valence-electron chi connectivity index (χ1n) is 10.4. The summed E-state index contributed by atoms with van der Waals surface area (Å²) < 4.78 is 0. The van der Waals surface area contributed by atoms with Gasteiger partial charge in [-0.3, -0.25) is 4.79 Å². The number of rotatable bonds is 2. The highest BCUT2D eigenvalue weighted by Crippen LogP contribution is 2.49. The third-order valence-electron chi connectivity index (χ3n) is 6.94. The molecule has 2 heterocycles. The molecule has 148 valence electrons. The molecule has 1 N–H and O–H groups in total. The SMILES string of the molecule is CC1(O)CC(C(=O)N2CC3(CCC(c4nccc(C(C)(C)C)n4)CC3)C2)C1. The highest BCUT2D eigenvalue weighted by Gasteiger charge is 2.51. The molecule has 1 aromatic rings. The smallest absolute Gasteiger partial charge is 0.225 e. The molecule has 27 heavy (non-hydrogen) atoms. The van der Waals surface area contributed by atoms with E-state index in [2.05, 4.69) is 25.8 Å². The second-order valence-corrected chi connectivity index (χ2v) is 10.6. The van der Waals surface area contributed by atoms with Crippen LogP contribution in [0.3, 0.4) is 0 Å². The lowest BCUT2D eigenvalue weighted by atomic mass is 9.64. The Kier molecular flexibility index (Phi) is 4.37. The third kappa shape index (κ3) is 3.63. The van der Waals surface area contributed by atoms with Gasteiger partial charge in [-0.2, -0.15) is 0 Å². The maximum absolute atomic E-state index is 12.5. The highest BCUT2D eigenvalue weighted by molar-refractivity contribution is 5.81. The van der Waals surface area contributed by atoms with E-state index in [1.54, 1.807) is 0 Å². The van der Waals surface area contributed by atoms with Crippen LogP contribution in [0.4, 0.5) is 0 Å². The molecule has 3 fully saturated rings. The Bertz CT molecular complexity index is 713. The summed E-state index contributed by atoms with van der Waals surface area (Å²) in [5.74, 6) is 1.75. The van der Waals surface area contributed by atoms with E-state index in [1.807, 2.05) is 24.1 Å². The minimum Gasteiger partial charge on any atom is -0.390 e. The average molecular weight is 372 g/mol. The molecule has 0 radical (unpaired) electrons. The normalized spacial score (nSPS) is 30.7. The van der Waals surface area contributed by atoms with Gasteiger partial charge in [0.05, 0.1) is 5.60 Å². The monoisotopic (exact) mass is 371 g/mol. The zero-order valence-corrected chi connectivity index (χ0v) is 17.2. The van der Waals surface area contributed by atoms with Crippen LogP contribution in [0.2, 0.25) is 0 Å². The number of carbonyl (C=O) groups excluding carboxylic acids is 1. The number of hydrogen-bond donors (Lipinski definition) is 1. The van der Waals surface area contributed by atoms with Crippen molar-refractivity contribution in [1.29, 1.82) is 0 Å². The molecule has 2 aliphatic carbocycles. The van der Waals surface area contributed by atoms with E-state index in [0.29, 0.717) is 24.2 Å². The standard InChI is InChI=1S/C22H33N3O2/c1-20(2,3)17-7-10-23-18(24-17)15-5-8-22(9-6-15)13-25(14-22)19(26)16-11-21(4,27)12-16/h7,10,15-16,27H,5-6,8-9,11-14H2,1-4H3. The Labute approximate surface area is 162 Å². The number of nitrogens with zero attached hydrogens (tertiary/aromatic N) is 3. The first-order valence-corrected chi connectivity index (χ1v) is 10.4. The topological polar surface area (TPSA) is 66.3 Å². The quantitative estimate of drug-likeness (QED) is 0.865. The summed E-state index contributed by atoms with van der Waals surface area (Å²) in [6.45, 7) is 10.2. The molecule has 0 aromatic carbocycles. The molecule has 1 saturated heterocycles. The average Bonchev–Trinajstić information content (AvgIpc) is 2.56. The zero-order chi connectivity index (χ0) is 19.4. The fraction of sp³-hybridized carbons (Fsp3) is 0.773. The molecular formula is C22H33N3O2. The van der Waals surface area contributed by atoms with E-state index in [1.165, 1.54) is 0 Å². The van der Waals surface area contributed by atoms with Crippen LogP contribution >= 0.6 is 0 Å². The summed E-state index contributed by atoms with van der Waals surface area (Å²) in [7, 11) is 0. The highest BCUT2D eigenvalue weighted by atomic mass is 16.3. The van der Waals surface area contributed by atoms with Gasteiger partial charge in [-0.05, 0) is 51.5 Å². The van der Waals surface area contributed by atoms with Crippen LogP contribution in [0, 0.1) is 11.3 Å². The van der Waals surface area contributed by atoms with Crippen LogP contribution in [0.15, 0.2) is 12.3 Å². The van der Waals surface area contributed by atoms with Crippen molar-refractivity contribution in [1.82, 2.24) is 14.9 Å². The van der Waals surface area contributed by atoms with Gasteiger partial charge in [0.2, 0.25) is 5.91 Å². The summed E-state index contributed by atoms with van der Waals surface area (Å²) in [4.78, 5) is 24.0. The van der Waals surface area contributed by atoms with Gasteiger partial charge in [0.25, 0.3) is 0 Å². The lowest BCUT2D eigenvalue weighted by Gasteiger charge is -2.55. The Hall–Kier alpha value is -1.49. The summed E-state index contributed by atoms with van der Waals surface area (Å²) in [6.07, 6.45) is 7.71. The van der Waals surface area contributed by atoms with Crippen LogP contribution in [0.5, 0.6) is 0 Å². The molecule has 0 bridgehead atoms. The van der Waals surface area contributed by atoms with E-state index in [4.69, 9.17) is 4.98 Å². The van der Waals surface area contributed by atoms with Crippen LogP contribution < -0.4 is 0 Å². The number of likely N-dealkylation sites (tertiary alicyclic amines) is 1. The molecule has 2 saturated carbocycles. The molecule has 1 aliphatic heterocycles. The van der Waals surface area contributed by atoms with Gasteiger partial charge in [-0.15, -0.1) is 0 Å². The van der Waals surface area contributed by atoms with Crippen LogP contribution in [-0.2, 0) is 10.2 Å². The Morgan fingerprint density at radius 1 is 1.22 bits per heavy atom.